The smallest absolute Gasteiger partial charge is 0.245 e. The quantitative estimate of drug-likeness (QED) is 0.517. The van der Waals surface area contributed by atoms with Crippen molar-refractivity contribution >= 4 is 11.8 Å². The predicted octanol–water partition coefficient (Wildman–Crippen LogP) is 4.34. The SMILES string of the molecule is Cc1cc(C(C(=O)N2CCC[C@H]2C(=O)N(C)Cc2ccc(-c3ocnc3C)cc2)C(C)C)on1. The third-order valence-electron chi connectivity index (χ3n) is 6.46. The minimum absolute atomic E-state index is 0.0282. The van der Waals surface area contributed by atoms with E-state index in [1.165, 1.54) is 6.39 Å². The first-order valence-electron chi connectivity index (χ1n) is 11.7. The first-order chi connectivity index (χ1) is 16.3. The number of carbonyl (C=O) groups excluding carboxylic acids is 2. The molecule has 0 saturated carbocycles. The van der Waals surface area contributed by atoms with Gasteiger partial charge in [0, 0.05) is 31.8 Å². The lowest BCUT2D eigenvalue weighted by molar-refractivity contribution is -0.145. The van der Waals surface area contributed by atoms with Gasteiger partial charge < -0.3 is 18.7 Å². The van der Waals surface area contributed by atoms with Gasteiger partial charge in [-0.05, 0) is 38.2 Å². The molecule has 0 bridgehead atoms. The number of hydrogen-bond donors (Lipinski definition) is 0. The number of rotatable bonds is 7. The van der Waals surface area contributed by atoms with Gasteiger partial charge in [0.1, 0.15) is 17.7 Å². The Balaban J connectivity index is 1.45. The highest BCUT2D eigenvalue weighted by Gasteiger charge is 2.40. The number of nitrogens with zero attached hydrogens (tertiary/aromatic N) is 4. The van der Waals surface area contributed by atoms with Gasteiger partial charge in [0.2, 0.25) is 11.8 Å². The van der Waals surface area contributed by atoms with Crippen molar-refractivity contribution in [2.24, 2.45) is 5.92 Å². The second-order valence-electron chi connectivity index (χ2n) is 9.44. The molecule has 0 aliphatic carbocycles. The maximum Gasteiger partial charge on any atom is 0.245 e. The predicted molar refractivity (Wildman–Crippen MR) is 127 cm³/mol. The third-order valence-corrected chi connectivity index (χ3v) is 6.46. The summed E-state index contributed by atoms with van der Waals surface area (Å²) in [6.07, 6.45) is 2.91. The minimum Gasteiger partial charge on any atom is -0.443 e. The molecule has 4 rings (SSSR count). The van der Waals surface area contributed by atoms with Crippen LogP contribution in [0.5, 0.6) is 0 Å². The molecule has 1 aliphatic rings. The number of carbonyl (C=O) groups is 2. The number of likely N-dealkylation sites (tertiary alicyclic amines) is 1. The molecule has 0 N–H and O–H groups in total. The van der Waals surface area contributed by atoms with E-state index in [2.05, 4.69) is 10.1 Å². The van der Waals surface area contributed by atoms with E-state index in [1.807, 2.05) is 58.0 Å². The number of benzene rings is 1. The van der Waals surface area contributed by atoms with Crippen molar-refractivity contribution in [3.8, 4) is 11.3 Å². The minimum atomic E-state index is -0.459. The number of hydrogen-bond acceptors (Lipinski definition) is 6. The van der Waals surface area contributed by atoms with Crippen molar-refractivity contribution in [1.29, 1.82) is 0 Å². The van der Waals surface area contributed by atoms with Crippen LogP contribution in [0.25, 0.3) is 11.3 Å². The molecule has 0 radical (unpaired) electrons. The van der Waals surface area contributed by atoms with E-state index >= 15 is 0 Å². The summed E-state index contributed by atoms with van der Waals surface area (Å²) in [4.78, 5) is 34.5. The molecule has 180 valence electrons. The van der Waals surface area contributed by atoms with E-state index in [0.29, 0.717) is 25.3 Å². The van der Waals surface area contributed by atoms with Gasteiger partial charge >= 0.3 is 0 Å². The van der Waals surface area contributed by atoms with Crippen LogP contribution in [-0.2, 0) is 16.1 Å². The van der Waals surface area contributed by atoms with Gasteiger partial charge in [0.05, 0.1) is 11.4 Å². The van der Waals surface area contributed by atoms with Crippen LogP contribution >= 0.6 is 0 Å². The van der Waals surface area contributed by atoms with Crippen LogP contribution in [0.2, 0.25) is 0 Å². The Morgan fingerprint density at radius 3 is 2.53 bits per heavy atom. The number of aryl methyl sites for hydroxylation is 2. The topological polar surface area (TPSA) is 92.7 Å². The second kappa shape index (κ2) is 9.83. The summed E-state index contributed by atoms with van der Waals surface area (Å²) in [7, 11) is 1.79. The fourth-order valence-electron chi connectivity index (χ4n) is 4.68. The molecule has 1 fully saturated rings. The molecule has 3 aromatic rings. The van der Waals surface area contributed by atoms with Crippen molar-refractivity contribution < 1.29 is 18.5 Å². The van der Waals surface area contributed by atoms with Crippen molar-refractivity contribution in [3.05, 3.63) is 59.4 Å². The molecule has 8 heteroatoms. The standard InChI is InChI=1S/C26H32N4O4/c1-16(2)23(22-13-17(3)28-34-22)26(32)30-12-6-7-21(30)25(31)29(5)14-19-8-10-20(11-9-19)24-18(4)27-15-33-24/h8-11,13,15-16,21,23H,6-7,12,14H2,1-5H3/t21-,23?/m0/s1. The molecular weight excluding hydrogens is 432 g/mol. The molecule has 8 nitrogen and oxygen atoms in total. The largest absolute Gasteiger partial charge is 0.443 e. The summed E-state index contributed by atoms with van der Waals surface area (Å²) >= 11 is 0. The van der Waals surface area contributed by atoms with Crippen LogP contribution in [0.4, 0.5) is 0 Å². The molecule has 1 saturated heterocycles. The third kappa shape index (κ3) is 4.76. The Labute approximate surface area is 199 Å². The van der Waals surface area contributed by atoms with Crippen LogP contribution in [0.3, 0.4) is 0 Å². The molecule has 34 heavy (non-hydrogen) atoms. The Hall–Kier alpha value is -3.42. The summed E-state index contributed by atoms with van der Waals surface area (Å²) in [5, 5.41) is 3.96. The van der Waals surface area contributed by atoms with Crippen LogP contribution < -0.4 is 0 Å². The van der Waals surface area contributed by atoms with Gasteiger partial charge in [-0.1, -0.05) is 43.3 Å². The maximum atomic E-state index is 13.5. The van der Waals surface area contributed by atoms with Gasteiger partial charge in [-0.3, -0.25) is 9.59 Å². The summed E-state index contributed by atoms with van der Waals surface area (Å²) in [6, 6.07) is 9.27. The van der Waals surface area contributed by atoms with Gasteiger partial charge in [-0.15, -0.1) is 0 Å². The molecule has 1 unspecified atom stereocenters. The average Bonchev–Trinajstić information content (AvgIpc) is 3.55. The van der Waals surface area contributed by atoms with Gasteiger partial charge in [-0.2, -0.15) is 0 Å². The van der Waals surface area contributed by atoms with E-state index < -0.39 is 12.0 Å². The summed E-state index contributed by atoms with van der Waals surface area (Å²) in [5.41, 5.74) is 3.53. The first-order valence-corrected chi connectivity index (χ1v) is 11.7. The van der Waals surface area contributed by atoms with Crippen molar-refractivity contribution in [2.45, 2.75) is 59.0 Å². The molecular formula is C26H32N4O4. The van der Waals surface area contributed by atoms with E-state index in [-0.39, 0.29) is 17.7 Å². The zero-order valence-electron chi connectivity index (χ0n) is 20.4. The van der Waals surface area contributed by atoms with Gasteiger partial charge in [-0.25, -0.2) is 4.98 Å². The first kappa shape index (κ1) is 23.7. The average molecular weight is 465 g/mol. The van der Waals surface area contributed by atoms with Crippen LogP contribution in [-0.4, -0.2) is 51.4 Å². The maximum absolute atomic E-state index is 13.5. The van der Waals surface area contributed by atoms with Crippen LogP contribution in [0, 0.1) is 19.8 Å². The van der Waals surface area contributed by atoms with E-state index in [9.17, 15) is 9.59 Å². The van der Waals surface area contributed by atoms with E-state index in [1.54, 1.807) is 16.8 Å². The number of amides is 2. The highest BCUT2D eigenvalue weighted by molar-refractivity contribution is 5.91. The van der Waals surface area contributed by atoms with Crippen molar-refractivity contribution in [3.63, 3.8) is 0 Å². The molecule has 2 atom stereocenters. The number of aromatic nitrogens is 2. The monoisotopic (exact) mass is 464 g/mol. The Kier molecular flexibility index (Phi) is 6.86. The zero-order chi connectivity index (χ0) is 24.4. The Bertz CT molecular complexity index is 1150. The summed E-state index contributed by atoms with van der Waals surface area (Å²) in [6.45, 7) is 8.76. The molecule has 1 aromatic carbocycles. The highest BCUT2D eigenvalue weighted by Crippen LogP contribution is 2.31. The van der Waals surface area contributed by atoms with E-state index in [4.69, 9.17) is 8.94 Å². The fourth-order valence-corrected chi connectivity index (χ4v) is 4.68. The van der Waals surface area contributed by atoms with Gasteiger partial charge in [0.25, 0.3) is 0 Å². The second-order valence-corrected chi connectivity index (χ2v) is 9.44. The molecule has 1 aliphatic heterocycles. The normalized spacial score (nSPS) is 16.8. The summed E-state index contributed by atoms with van der Waals surface area (Å²) < 4.78 is 10.9. The zero-order valence-corrected chi connectivity index (χ0v) is 20.4. The molecule has 3 heterocycles. The van der Waals surface area contributed by atoms with E-state index in [0.717, 1.165) is 34.7 Å². The lowest BCUT2D eigenvalue weighted by Gasteiger charge is -2.31. The Morgan fingerprint density at radius 2 is 1.94 bits per heavy atom. The molecule has 0 spiro atoms. The molecule has 2 amide bonds. The lowest BCUT2D eigenvalue weighted by atomic mass is 9.91. The van der Waals surface area contributed by atoms with Crippen molar-refractivity contribution in [2.75, 3.05) is 13.6 Å². The van der Waals surface area contributed by atoms with Crippen LogP contribution in [0.15, 0.2) is 45.7 Å². The van der Waals surface area contributed by atoms with Crippen molar-refractivity contribution in [1.82, 2.24) is 19.9 Å². The molecule has 2 aromatic heterocycles. The fraction of sp³-hybridized carbons (Fsp3) is 0.462. The Morgan fingerprint density at radius 1 is 1.21 bits per heavy atom. The lowest BCUT2D eigenvalue weighted by Crippen LogP contribution is -2.48. The number of oxazole rings is 1. The summed E-state index contributed by atoms with van der Waals surface area (Å²) in [5.74, 6) is 0.774. The van der Waals surface area contributed by atoms with Gasteiger partial charge in [0.15, 0.2) is 12.2 Å². The number of likely N-dealkylation sites (N-methyl/N-ethyl adjacent to an activating group) is 1. The highest BCUT2D eigenvalue weighted by atomic mass is 16.5. The van der Waals surface area contributed by atoms with Crippen LogP contribution in [0.1, 0.15) is 55.3 Å².